The molecule has 5 heteroatoms. The van der Waals surface area contributed by atoms with Crippen molar-refractivity contribution in [2.45, 2.75) is 33.7 Å². The Balaban J connectivity index is 2.55. The van der Waals surface area contributed by atoms with Gasteiger partial charge in [0.05, 0.1) is 0 Å². The van der Waals surface area contributed by atoms with Crippen LogP contribution >= 0.6 is 15.9 Å². The monoisotopic (exact) mass is 313 g/mol. The smallest absolute Gasteiger partial charge is 0.242 e. The summed E-state index contributed by atoms with van der Waals surface area (Å²) in [6, 6.07) is 1.62. The lowest BCUT2D eigenvalue weighted by Crippen LogP contribution is -2.39. The first-order valence-electron chi connectivity index (χ1n) is 6.06. The molecule has 100 valence electrons. The highest BCUT2D eigenvalue weighted by atomic mass is 79.9. The maximum absolute atomic E-state index is 11.8. The molecule has 0 spiro atoms. The number of aryl methyl sites for hydroxylation is 1. The molecule has 0 saturated heterocycles. The standard InChI is InChI=1S/C13H20BrN3O/c1-8(2)6-16-13(18)10(4)17-12-5-9(3)11(14)7-15-12/h5,7-8,10H,6H2,1-4H3,(H,15,17)(H,16,18). The third kappa shape index (κ3) is 4.64. The number of nitrogens with one attached hydrogen (secondary N) is 2. The van der Waals surface area contributed by atoms with E-state index in [4.69, 9.17) is 0 Å². The molecule has 2 N–H and O–H groups in total. The second kappa shape index (κ2) is 6.73. The average molecular weight is 314 g/mol. The second-order valence-electron chi connectivity index (χ2n) is 4.82. The molecule has 1 aromatic rings. The SMILES string of the molecule is Cc1cc(NC(C)C(=O)NCC(C)C)ncc1Br. The summed E-state index contributed by atoms with van der Waals surface area (Å²) in [5.41, 5.74) is 1.09. The largest absolute Gasteiger partial charge is 0.359 e. The van der Waals surface area contributed by atoms with E-state index < -0.39 is 0 Å². The van der Waals surface area contributed by atoms with Crippen molar-refractivity contribution in [3.8, 4) is 0 Å². The van der Waals surface area contributed by atoms with Crippen molar-refractivity contribution in [1.82, 2.24) is 10.3 Å². The molecule has 1 unspecified atom stereocenters. The van der Waals surface area contributed by atoms with E-state index in [1.807, 2.05) is 19.9 Å². The molecule has 0 aromatic carbocycles. The zero-order chi connectivity index (χ0) is 13.7. The normalized spacial score (nSPS) is 12.3. The van der Waals surface area contributed by atoms with E-state index in [-0.39, 0.29) is 11.9 Å². The first-order valence-corrected chi connectivity index (χ1v) is 6.86. The Hall–Kier alpha value is -1.10. The lowest BCUT2D eigenvalue weighted by molar-refractivity contribution is -0.121. The molecule has 0 aliphatic carbocycles. The van der Waals surface area contributed by atoms with Gasteiger partial charge >= 0.3 is 0 Å². The molecule has 1 aromatic heterocycles. The molecule has 4 nitrogen and oxygen atoms in total. The van der Waals surface area contributed by atoms with E-state index >= 15 is 0 Å². The van der Waals surface area contributed by atoms with Gasteiger partial charge in [0.25, 0.3) is 0 Å². The molecule has 18 heavy (non-hydrogen) atoms. The second-order valence-corrected chi connectivity index (χ2v) is 5.68. The zero-order valence-electron chi connectivity index (χ0n) is 11.2. The van der Waals surface area contributed by atoms with Crippen LogP contribution in [-0.4, -0.2) is 23.5 Å². The number of halogens is 1. The summed E-state index contributed by atoms with van der Waals surface area (Å²) < 4.78 is 0.963. The van der Waals surface area contributed by atoms with Gasteiger partial charge in [-0.25, -0.2) is 4.98 Å². The van der Waals surface area contributed by atoms with E-state index in [9.17, 15) is 4.79 Å². The summed E-state index contributed by atoms with van der Waals surface area (Å²) in [4.78, 5) is 16.0. The molecule has 1 atom stereocenters. The Labute approximate surface area is 117 Å². The van der Waals surface area contributed by atoms with Gasteiger partial charge in [0.2, 0.25) is 5.91 Å². The summed E-state index contributed by atoms with van der Waals surface area (Å²) in [6.45, 7) is 8.64. The molecule has 1 heterocycles. The first kappa shape index (κ1) is 15.0. The number of carbonyl (C=O) groups is 1. The van der Waals surface area contributed by atoms with E-state index in [2.05, 4.69) is 45.4 Å². The highest BCUT2D eigenvalue weighted by Gasteiger charge is 2.13. The number of rotatable bonds is 5. The van der Waals surface area contributed by atoms with E-state index in [0.29, 0.717) is 18.3 Å². The van der Waals surface area contributed by atoms with Gasteiger partial charge in [0.15, 0.2) is 0 Å². The third-order valence-electron chi connectivity index (χ3n) is 2.49. The van der Waals surface area contributed by atoms with Crippen LogP contribution in [0.2, 0.25) is 0 Å². The van der Waals surface area contributed by atoms with E-state index in [0.717, 1.165) is 10.0 Å². The number of hydrogen-bond donors (Lipinski definition) is 2. The van der Waals surface area contributed by atoms with Crippen LogP contribution < -0.4 is 10.6 Å². The van der Waals surface area contributed by atoms with Crippen LogP contribution in [0.25, 0.3) is 0 Å². The lowest BCUT2D eigenvalue weighted by atomic mass is 10.2. The molecule has 0 fully saturated rings. The highest BCUT2D eigenvalue weighted by molar-refractivity contribution is 9.10. The van der Waals surface area contributed by atoms with Gasteiger partial charge in [0, 0.05) is 17.2 Å². The summed E-state index contributed by atoms with van der Waals surface area (Å²) in [7, 11) is 0. The third-order valence-corrected chi connectivity index (χ3v) is 3.32. The van der Waals surface area contributed by atoms with Gasteiger partial charge in [-0.05, 0) is 47.3 Å². The minimum absolute atomic E-state index is 0.00827. The Morgan fingerprint density at radius 1 is 1.44 bits per heavy atom. The molecule has 0 aliphatic heterocycles. The minimum atomic E-state index is -0.295. The summed E-state index contributed by atoms with van der Waals surface area (Å²) in [5, 5.41) is 5.98. The topological polar surface area (TPSA) is 54.0 Å². The summed E-state index contributed by atoms with van der Waals surface area (Å²) >= 11 is 3.40. The molecule has 1 rings (SSSR count). The fraction of sp³-hybridized carbons (Fsp3) is 0.538. The Kier molecular flexibility index (Phi) is 5.59. The molecular formula is C13H20BrN3O. The number of amides is 1. The fourth-order valence-corrected chi connectivity index (χ4v) is 1.58. The summed E-state index contributed by atoms with van der Waals surface area (Å²) in [5.74, 6) is 1.16. The molecular weight excluding hydrogens is 294 g/mol. The molecule has 0 bridgehead atoms. The van der Waals surface area contributed by atoms with Gasteiger partial charge in [-0.2, -0.15) is 0 Å². The number of anilines is 1. The molecule has 0 radical (unpaired) electrons. The fourth-order valence-electron chi connectivity index (χ4n) is 1.36. The predicted molar refractivity (Wildman–Crippen MR) is 77.6 cm³/mol. The van der Waals surface area contributed by atoms with Gasteiger partial charge in [-0.1, -0.05) is 13.8 Å². The number of hydrogen-bond acceptors (Lipinski definition) is 3. The first-order chi connectivity index (χ1) is 8.40. The number of aromatic nitrogens is 1. The van der Waals surface area contributed by atoms with Crippen LogP contribution in [0.4, 0.5) is 5.82 Å². The number of carbonyl (C=O) groups excluding carboxylic acids is 1. The molecule has 0 saturated carbocycles. The van der Waals surface area contributed by atoms with Crippen LogP contribution in [0.15, 0.2) is 16.7 Å². The Bertz CT molecular complexity index is 421. The van der Waals surface area contributed by atoms with Crippen molar-refractivity contribution in [3.63, 3.8) is 0 Å². The van der Waals surface area contributed by atoms with Crippen LogP contribution in [0, 0.1) is 12.8 Å². The van der Waals surface area contributed by atoms with Crippen LogP contribution in [0.5, 0.6) is 0 Å². The average Bonchev–Trinajstić information content (AvgIpc) is 2.30. The van der Waals surface area contributed by atoms with Crippen LogP contribution in [0.1, 0.15) is 26.3 Å². The zero-order valence-corrected chi connectivity index (χ0v) is 12.8. The van der Waals surface area contributed by atoms with Crippen molar-refractivity contribution < 1.29 is 4.79 Å². The number of pyridine rings is 1. The van der Waals surface area contributed by atoms with E-state index in [1.54, 1.807) is 6.20 Å². The van der Waals surface area contributed by atoms with Crippen molar-refractivity contribution >= 4 is 27.7 Å². The Morgan fingerprint density at radius 3 is 2.67 bits per heavy atom. The summed E-state index contributed by atoms with van der Waals surface area (Å²) in [6.07, 6.45) is 1.73. The van der Waals surface area contributed by atoms with Gasteiger partial charge in [0.1, 0.15) is 11.9 Å². The maximum atomic E-state index is 11.8. The van der Waals surface area contributed by atoms with Crippen LogP contribution in [-0.2, 0) is 4.79 Å². The quantitative estimate of drug-likeness (QED) is 0.878. The molecule has 0 aliphatic rings. The van der Waals surface area contributed by atoms with Crippen molar-refractivity contribution in [1.29, 1.82) is 0 Å². The maximum Gasteiger partial charge on any atom is 0.242 e. The van der Waals surface area contributed by atoms with Crippen molar-refractivity contribution in [3.05, 3.63) is 22.3 Å². The predicted octanol–water partition coefficient (Wildman–Crippen LogP) is 2.73. The van der Waals surface area contributed by atoms with Gasteiger partial charge in [-0.15, -0.1) is 0 Å². The van der Waals surface area contributed by atoms with Gasteiger partial charge < -0.3 is 10.6 Å². The Morgan fingerprint density at radius 2 is 2.11 bits per heavy atom. The van der Waals surface area contributed by atoms with Gasteiger partial charge in [-0.3, -0.25) is 4.79 Å². The van der Waals surface area contributed by atoms with Crippen molar-refractivity contribution in [2.24, 2.45) is 5.92 Å². The van der Waals surface area contributed by atoms with Crippen LogP contribution in [0.3, 0.4) is 0 Å². The lowest BCUT2D eigenvalue weighted by Gasteiger charge is -2.16. The molecule has 1 amide bonds. The highest BCUT2D eigenvalue weighted by Crippen LogP contribution is 2.17. The van der Waals surface area contributed by atoms with E-state index in [1.165, 1.54) is 0 Å². The minimum Gasteiger partial charge on any atom is -0.359 e. The van der Waals surface area contributed by atoms with Crippen molar-refractivity contribution in [2.75, 3.05) is 11.9 Å². The number of nitrogens with zero attached hydrogens (tertiary/aromatic N) is 1.